The second-order valence-corrected chi connectivity index (χ2v) is 4.60. The summed E-state index contributed by atoms with van der Waals surface area (Å²) in [5.74, 6) is 0.387. The number of nitrogens with zero attached hydrogens (tertiary/aromatic N) is 1. The van der Waals surface area contributed by atoms with Gasteiger partial charge in [-0.25, -0.2) is 0 Å². The van der Waals surface area contributed by atoms with Crippen molar-refractivity contribution in [3.63, 3.8) is 0 Å². The largest absolute Gasteiger partial charge is 0.508 e. The van der Waals surface area contributed by atoms with Crippen molar-refractivity contribution in [2.75, 3.05) is 20.6 Å². The summed E-state index contributed by atoms with van der Waals surface area (Å²) < 4.78 is 0.923. The number of benzene rings is 1. The fourth-order valence-electron chi connectivity index (χ4n) is 1.33. The van der Waals surface area contributed by atoms with Gasteiger partial charge >= 0.3 is 0 Å². The number of hydrogen-bond acceptors (Lipinski definition) is 2. The van der Waals surface area contributed by atoms with Crippen LogP contribution in [0.1, 0.15) is 12.0 Å². The highest BCUT2D eigenvalue weighted by Gasteiger charge is 2.01. The molecule has 0 aliphatic carbocycles. The van der Waals surface area contributed by atoms with Crippen LogP contribution < -0.4 is 0 Å². The Balaban J connectivity index is 2.51. The van der Waals surface area contributed by atoms with Crippen LogP contribution in [0.4, 0.5) is 0 Å². The Kier molecular flexibility index (Phi) is 4.42. The summed E-state index contributed by atoms with van der Waals surface area (Å²) in [6.07, 6.45) is 2.00. The van der Waals surface area contributed by atoms with E-state index in [0.29, 0.717) is 5.75 Å². The SMILES string of the molecule is CN(C)CCCc1ccc(Br)cc1O. The van der Waals surface area contributed by atoms with E-state index in [0.717, 1.165) is 29.4 Å². The maximum Gasteiger partial charge on any atom is 0.119 e. The Morgan fingerprint density at radius 3 is 2.64 bits per heavy atom. The number of aromatic hydroxyl groups is 1. The minimum Gasteiger partial charge on any atom is -0.508 e. The van der Waals surface area contributed by atoms with E-state index in [2.05, 4.69) is 34.9 Å². The average molecular weight is 258 g/mol. The zero-order valence-corrected chi connectivity index (χ0v) is 10.2. The first-order chi connectivity index (χ1) is 6.59. The van der Waals surface area contributed by atoms with Gasteiger partial charge in [-0.1, -0.05) is 22.0 Å². The van der Waals surface area contributed by atoms with Crippen LogP contribution in [0, 0.1) is 0 Å². The number of phenols is 1. The fourth-order valence-corrected chi connectivity index (χ4v) is 1.68. The Bertz CT molecular complexity index is 299. The van der Waals surface area contributed by atoms with Gasteiger partial charge in [0, 0.05) is 4.47 Å². The monoisotopic (exact) mass is 257 g/mol. The molecule has 0 spiro atoms. The summed E-state index contributed by atoms with van der Waals surface area (Å²) in [6.45, 7) is 1.05. The Morgan fingerprint density at radius 2 is 2.07 bits per heavy atom. The third-order valence-corrected chi connectivity index (χ3v) is 2.59. The molecule has 1 rings (SSSR count). The topological polar surface area (TPSA) is 23.5 Å². The predicted octanol–water partition coefficient (Wildman–Crippen LogP) is 2.65. The smallest absolute Gasteiger partial charge is 0.119 e. The Morgan fingerprint density at radius 1 is 1.36 bits per heavy atom. The Hall–Kier alpha value is -0.540. The molecule has 1 aromatic rings. The lowest BCUT2D eigenvalue weighted by molar-refractivity contribution is 0.397. The van der Waals surface area contributed by atoms with E-state index in [1.54, 1.807) is 6.07 Å². The molecule has 0 aliphatic heterocycles. The van der Waals surface area contributed by atoms with Crippen molar-refractivity contribution in [2.24, 2.45) is 0 Å². The molecule has 0 saturated heterocycles. The van der Waals surface area contributed by atoms with Crippen molar-refractivity contribution in [3.05, 3.63) is 28.2 Å². The fraction of sp³-hybridized carbons (Fsp3) is 0.455. The van der Waals surface area contributed by atoms with E-state index >= 15 is 0 Å². The molecule has 0 aromatic heterocycles. The van der Waals surface area contributed by atoms with E-state index in [9.17, 15) is 5.11 Å². The molecule has 2 nitrogen and oxygen atoms in total. The van der Waals surface area contributed by atoms with Gasteiger partial charge in [-0.05, 0) is 51.2 Å². The second-order valence-electron chi connectivity index (χ2n) is 3.68. The molecule has 0 aliphatic rings. The molecule has 1 N–H and O–H groups in total. The van der Waals surface area contributed by atoms with Gasteiger partial charge < -0.3 is 10.0 Å². The lowest BCUT2D eigenvalue weighted by Crippen LogP contribution is -2.13. The van der Waals surface area contributed by atoms with Crippen molar-refractivity contribution in [1.29, 1.82) is 0 Å². The number of aryl methyl sites for hydroxylation is 1. The number of phenolic OH excluding ortho intramolecular Hbond substituents is 1. The number of hydrogen-bond donors (Lipinski definition) is 1. The van der Waals surface area contributed by atoms with E-state index in [1.165, 1.54) is 0 Å². The summed E-state index contributed by atoms with van der Waals surface area (Å²) in [6, 6.07) is 5.67. The maximum atomic E-state index is 9.61. The number of halogens is 1. The third kappa shape index (κ3) is 3.68. The molecule has 0 saturated carbocycles. The molecular weight excluding hydrogens is 242 g/mol. The van der Waals surface area contributed by atoms with Gasteiger partial charge in [0.1, 0.15) is 5.75 Å². The normalized spacial score (nSPS) is 10.9. The average Bonchev–Trinajstić information content (AvgIpc) is 2.08. The van der Waals surface area contributed by atoms with Crippen LogP contribution in [0.3, 0.4) is 0 Å². The zero-order valence-electron chi connectivity index (χ0n) is 8.63. The third-order valence-electron chi connectivity index (χ3n) is 2.10. The molecule has 0 unspecified atom stereocenters. The maximum absolute atomic E-state index is 9.61. The van der Waals surface area contributed by atoms with Gasteiger partial charge in [0.2, 0.25) is 0 Å². The van der Waals surface area contributed by atoms with Crippen molar-refractivity contribution >= 4 is 15.9 Å². The van der Waals surface area contributed by atoms with Gasteiger partial charge in [0.25, 0.3) is 0 Å². The molecule has 3 heteroatoms. The molecule has 78 valence electrons. The van der Waals surface area contributed by atoms with E-state index in [4.69, 9.17) is 0 Å². The van der Waals surface area contributed by atoms with E-state index in [1.807, 2.05) is 12.1 Å². The standard InChI is InChI=1S/C11H16BrNO/c1-13(2)7-3-4-9-5-6-10(12)8-11(9)14/h5-6,8,14H,3-4,7H2,1-2H3. The quantitative estimate of drug-likeness (QED) is 0.897. The summed E-state index contributed by atoms with van der Waals surface area (Å²) in [5.41, 5.74) is 1.02. The van der Waals surface area contributed by atoms with Crippen molar-refractivity contribution in [1.82, 2.24) is 4.90 Å². The van der Waals surface area contributed by atoms with Crippen LogP contribution in [0.15, 0.2) is 22.7 Å². The van der Waals surface area contributed by atoms with Crippen molar-refractivity contribution in [3.8, 4) is 5.75 Å². The summed E-state index contributed by atoms with van der Waals surface area (Å²) in [5, 5.41) is 9.61. The van der Waals surface area contributed by atoms with Crippen LogP contribution in [-0.4, -0.2) is 30.6 Å². The van der Waals surface area contributed by atoms with Crippen LogP contribution in [0.2, 0.25) is 0 Å². The highest BCUT2D eigenvalue weighted by Crippen LogP contribution is 2.23. The summed E-state index contributed by atoms with van der Waals surface area (Å²) >= 11 is 3.32. The predicted molar refractivity (Wildman–Crippen MR) is 62.7 cm³/mol. The molecule has 0 heterocycles. The molecule has 0 bridgehead atoms. The summed E-state index contributed by atoms with van der Waals surface area (Å²) in [4.78, 5) is 2.15. The van der Waals surface area contributed by atoms with Gasteiger partial charge in [-0.2, -0.15) is 0 Å². The molecule has 0 amide bonds. The first-order valence-electron chi connectivity index (χ1n) is 4.71. The van der Waals surface area contributed by atoms with E-state index in [-0.39, 0.29) is 0 Å². The van der Waals surface area contributed by atoms with Gasteiger partial charge in [-0.15, -0.1) is 0 Å². The Labute approximate surface area is 93.7 Å². The van der Waals surface area contributed by atoms with Gasteiger partial charge in [0.15, 0.2) is 0 Å². The van der Waals surface area contributed by atoms with Crippen LogP contribution in [0.25, 0.3) is 0 Å². The first-order valence-corrected chi connectivity index (χ1v) is 5.51. The van der Waals surface area contributed by atoms with Crippen molar-refractivity contribution in [2.45, 2.75) is 12.8 Å². The zero-order chi connectivity index (χ0) is 10.6. The lowest BCUT2D eigenvalue weighted by atomic mass is 10.1. The molecule has 0 fully saturated rings. The molecule has 0 radical (unpaired) electrons. The lowest BCUT2D eigenvalue weighted by Gasteiger charge is -2.09. The molecule has 1 aromatic carbocycles. The van der Waals surface area contributed by atoms with Crippen LogP contribution in [-0.2, 0) is 6.42 Å². The first kappa shape index (κ1) is 11.5. The van der Waals surface area contributed by atoms with E-state index < -0.39 is 0 Å². The highest BCUT2D eigenvalue weighted by atomic mass is 79.9. The summed E-state index contributed by atoms with van der Waals surface area (Å²) in [7, 11) is 4.11. The van der Waals surface area contributed by atoms with Gasteiger partial charge in [-0.3, -0.25) is 0 Å². The number of rotatable bonds is 4. The minimum atomic E-state index is 0.387. The van der Waals surface area contributed by atoms with Gasteiger partial charge in [0.05, 0.1) is 0 Å². The molecule has 0 atom stereocenters. The molecule has 14 heavy (non-hydrogen) atoms. The second kappa shape index (κ2) is 5.37. The highest BCUT2D eigenvalue weighted by molar-refractivity contribution is 9.10. The molecular formula is C11H16BrNO. The van der Waals surface area contributed by atoms with Crippen LogP contribution >= 0.6 is 15.9 Å². The van der Waals surface area contributed by atoms with Crippen molar-refractivity contribution < 1.29 is 5.11 Å². The van der Waals surface area contributed by atoms with Crippen LogP contribution in [0.5, 0.6) is 5.75 Å². The minimum absolute atomic E-state index is 0.387.